The van der Waals surface area contributed by atoms with E-state index in [1.54, 1.807) is 14.0 Å². The van der Waals surface area contributed by atoms with Crippen molar-refractivity contribution in [2.45, 2.75) is 177 Å². The van der Waals surface area contributed by atoms with Crippen LogP contribution in [0.4, 0.5) is 0 Å². The maximum absolute atomic E-state index is 11.3. The van der Waals surface area contributed by atoms with Gasteiger partial charge in [0.2, 0.25) is 0 Å². The minimum absolute atomic E-state index is 0.0309. The highest BCUT2D eigenvalue weighted by atomic mass is 16.5. The topological polar surface area (TPSA) is 180 Å². The number of methoxy groups -OCH3 is 1. The molecule has 0 aromatic rings. The van der Waals surface area contributed by atoms with Crippen LogP contribution in [0.1, 0.15) is 104 Å². The Morgan fingerprint density at radius 1 is 0.898 bits per heavy atom. The normalized spacial score (nSPS) is 44.4. The van der Waals surface area contributed by atoms with Crippen LogP contribution >= 0.6 is 0 Å². The van der Waals surface area contributed by atoms with Gasteiger partial charge in [-0.3, -0.25) is 5.32 Å². The molecule has 9 N–H and O–H groups in total. The van der Waals surface area contributed by atoms with Gasteiger partial charge >= 0.3 is 0 Å². The summed E-state index contributed by atoms with van der Waals surface area (Å²) in [6.45, 7) is 6.30. The standard InChI is InChI=1S/C37H70N4O8/c1-22-4-7-26(12-25-10-11-40-36(38)14-25)30(41-22)20-47-35-16-27(15-34(46-3)37(35)45)32-18-28(43)17-29(49-32)8-5-24-6-9-31(44)33(13-24)48-21-39-19-23(2)42/h22-37,39-45H,4-21,38H2,1-3H3. The molecule has 12 heteroatoms. The average Bonchev–Trinajstić information content (AvgIpc) is 3.07. The number of hydrogen-bond acceptors (Lipinski definition) is 12. The largest absolute Gasteiger partial charge is 0.393 e. The summed E-state index contributed by atoms with van der Waals surface area (Å²) in [5, 5.41) is 52.5. The summed E-state index contributed by atoms with van der Waals surface area (Å²) in [6.07, 6.45) is 9.60. The predicted molar refractivity (Wildman–Crippen MR) is 188 cm³/mol. The summed E-state index contributed by atoms with van der Waals surface area (Å²) in [6, 6.07) is 0.687. The van der Waals surface area contributed by atoms with Crippen molar-refractivity contribution in [3.8, 4) is 0 Å². The van der Waals surface area contributed by atoms with Crippen LogP contribution in [0.5, 0.6) is 0 Å². The molecule has 16 atom stereocenters. The smallest absolute Gasteiger partial charge is 0.106 e. The highest BCUT2D eigenvalue weighted by Gasteiger charge is 2.44. The molecule has 0 bridgehead atoms. The number of rotatable bonds is 15. The number of hydrogen-bond donors (Lipinski definition) is 8. The Hall–Kier alpha value is -0.480. The lowest BCUT2D eigenvalue weighted by atomic mass is 9.76. The minimum Gasteiger partial charge on any atom is -0.393 e. The first-order valence-electron chi connectivity index (χ1n) is 19.7. The van der Waals surface area contributed by atoms with Crippen molar-refractivity contribution in [3.05, 3.63) is 0 Å². The lowest BCUT2D eigenvalue weighted by Gasteiger charge is -2.45. The molecule has 0 radical (unpaired) electrons. The summed E-state index contributed by atoms with van der Waals surface area (Å²) in [5.74, 6) is 1.71. The fourth-order valence-corrected chi connectivity index (χ4v) is 9.54. The molecule has 0 aromatic carbocycles. The second-order valence-corrected chi connectivity index (χ2v) is 16.5. The first kappa shape index (κ1) is 39.7. The van der Waals surface area contributed by atoms with Gasteiger partial charge in [-0.05, 0) is 134 Å². The van der Waals surface area contributed by atoms with E-state index in [1.165, 1.54) is 19.3 Å². The van der Waals surface area contributed by atoms with Crippen molar-refractivity contribution in [2.75, 3.05) is 33.5 Å². The molecule has 3 saturated heterocycles. The molecule has 2 aliphatic carbocycles. The first-order chi connectivity index (χ1) is 23.6. The molecule has 2 saturated carbocycles. The van der Waals surface area contributed by atoms with E-state index < -0.39 is 24.4 Å². The molecule has 0 amide bonds. The number of aliphatic hydroxyl groups is 4. The van der Waals surface area contributed by atoms with Crippen molar-refractivity contribution < 1.29 is 39.4 Å². The van der Waals surface area contributed by atoms with E-state index in [9.17, 15) is 20.4 Å². The molecular formula is C37H70N4O8. The van der Waals surface area contributed by atoms with Crippen LogP contribution in [0.15, 0.2) is 0 Å². The van der Waals surface area contributed by atoms with Gasteiger partial charge in [-0.2, -0.15) is 0 Å². The van der Waals surface area contributed by atoms with Crippen LogP contribution in [0.25, 0.3) is 0 Å². The van der Waals surface area contributed by atoms with Gasteiger partial charge < -0.3 is 55.7 Å². The van der Waals surface area contributed by atoms with Gasteiger partial charge in [0.1, 0.15) is 6.10 Å². The van der Waals surface area contributed by atoms with Gasteiger partial charge in [0.05, 0.1) is 68.3 Å². The fraction of sp³-hybridized carbons (Fsp3) is 1.00. The van der Waals surface area contributed by atoms with E-state index in [0.717, 1.165) is 51.5 Å². The van der Waals surface area contributed by atoms with E-state index in [2.05, 4.69) is 22.9 Å². The molecule has 12 nitrogen and oxygen atoms in total. The Bertz CT molecular complexity index is 952. The van der Waals surface area contributed by atoms with Gasteiger partial charge in [0.15, 0.2) is 0 Å². The maximum atomic E-state index is 11.3. The number of ether oxygens (including phenoxy) is 4. The first-order valence-corrected chi connectivity index (χ1v) is 19.7. The Labute approximate surface area is 294 Å². The second-order valence-electron chi connectivity index (χ2n) is 16.5. The molecule has 16 unspecified atom stereocenters. The summed E-state index contributed by atoms with van der Waals surface area (Å²) < 4.78 is 25.1. The summed E-state index contributed by atoms with van der Waals surface area (Å²) in [5.41, 5.74) is 6.22. The molecule has 5 rings (SSSR count). The third-order valence-corrected chi connectivity index (χ3v) is 12.4. The zero-order valence-corrected chi connectivity index (χ0v) is 30.5. The summed E-state index contributed by atoms with van der Waals surface area (Å²) in [4.78, 5) is 0. The quantitative estimate of drug-likeness (QED) is 0.0919. The number of piperidine rings is 2. The third-order valence-electron chi connectivity index (χ3n) is 12.4. The molecule has 3 heterocycles. The van der Waals surface area contributed by atoms with Crippen molar-refractivity contribution in [1.29, 1.82) is 0 Å². The van der Waals surface area contributed by atoms with Crippen molar-refractivity contribution >= 4 is 0 Å². The molecular weight excluding hydrogens is 628 g/mol. The Balaban J connectivity index is 1.12. The van der Waals surface area contributed by atoms with Gasteiger partial charge in [-0.1, -0.05) is 0 Å². The highest BCUT2D eigenvalue weighted by molar-refractivity contribution is 4.95. The fourth-order valence-electron chi connectivity index (χ4n) is 9.54. The van der Waals surface area contributed by atoms with Crippen LogP contribution < -0.4 is 21.7 Å². The zero-order chi connectivity index (χ0) is 34.9. The van der Waals surface area contributed by atoms with Crippen LogP contribution in [0.3, 0.4) is 0 Å². The maximum Gasteiger partial charge on any atom is 0.106 e. The Morgan fingerprint density at radius 3 is 2.49 bits per heavy atom. The number of nitrogens with two attached hydrogens (primary N) is 1. The second kappa shape index (κ2) is 19.6. The van der Waals surface area contributed by atoms with Gasteiger partial charge in [0.25, 0.3) is 0 Å². The van der Waals surface area contributed by atoms with E-state index >= 15 is 0 Å². The lowest BCUT2D eigenvalue weighted by molar-refractivity contribution is -0.179. The monoisotopic (exact) mass is 699 g/mol. The lowest BCUT2D eigenvalue weighted by Crippen LogP contribution is -2.54. The number of nitrogens with one attached hydrogen (secondary N) is 3. The summed E-state index contributed by atoms with van der Waals surface area (Å²) in [7, 11) is 1.66. The van der Waals surface area contributed by atoms with Crippen LogP contribution in [0, 0.1) is 23.7 Å². The van der Waals surface area contributed by atoms with Gasteiger partial charge in [-0.15, -0.1) is 0 Å². The van der Waals surface area contributed by atoms with Crippen LogP contribution in [-0.2, 0) is 18.9 Å². The van der Waals surface area contributed by atoms with Crippen molar-refractivity contribution in [1.82, 2.24) is 16.0 Å². The summed E-state index contributed by atoms with van der Waals surface area (Å²) >= 11 is 0. The molecule has 0 aromatic heterocycles. The molecule has 286 valence electrons. The van der Waals surface area contributed by atoms with Crippen LogP contribution in [-0.4, -0.2) is 127 Å². The van der Waals surface area contributed by atoms with E-state index in [4.69, 9.17) is 24.7 Å². The zero-order valence-electron chi connectivity index (χ0n) is 30.5. The SMILES string of the molecule is COC1CC(C2CC(O)CC(CCC3CCC(O)C(OCNCC(C)O)C3)O2)CC(OCC2NC(C)CCC2CC2CCNC(N)C2)C1O. The van der Waals surface area contributed by atoms with Crippen molar-refractivity contribution in [3.63, 3.8) is 0 Å². The minimum atomic E-state index is -0.702. The Kier molecular flexibility index (Phi) is 15.9. The van der Waals surface area contributed by atoms with Crippen LogP contribution in [0.2, 0.25) is 0 Å². The van der Waals surface area contributed by atoms with E-state index in [1.807, 2.05) is 0 Å². The number of aliphatic hydroxyl groups excluding tert-OH is 4. The Morgan fingerprint density at radius 2 is 1.71 bits per heavy atom. The molecule has 5 fully saturated rings. The third kappa shape index (κ3) is 12.0. The predicted octanol–water partition coefficient (Wildman–Crippen LogP) is 1.75. The van der Waals surface area contributed by atoms with Gasteiger partial charge in [-0.25, -0.2) is 0 Å². The highest BCUT2D eigenvalue weighted by Crippen LogP contribution is 2.39. The van der Waals surface area contributed by atoms with Gasteiger partial charge in [0, 0.05) is 25.7 Å². The molecule has 0 spiro atoms. The molecule has 3 aliphatic heterocycles. The molecule has 5 aliphatic rings. The van der Waals surface area contributed by atoms with E-state index in [-0.39, 0.29) is 48.6 Å². The van der Waals surface area contributed by atoms with Crippen molar-refractivity contribution in [2.24, 2.45) is 29.4 Å². The average molecular weight is 699 g/mol. The molecule has 49 heavy (non-hydrogen) atoms. The van der Waals surface area contributed by atoms with E-state index in [0.29, 0.717) is 69.4 Å².